The molecule has 0 spiro atoms. The topological polar surface area (TPSA) is 88.1 Å². The number of anilines is 1. The number of rotatable bonds is 16. The smallest absolute Gasteiger partial charge is 0.333 e. The Balaban J connectivity index is 1.89. The molecule has 2 amide bonds. The van der Waals surface area contributed by atoms with E-state index in [1.54, 1.807) is 36.1 Å². The van der Waals surface area contributed by atoms with Crippen molar-refractivity contribution in [3.8, 4) is 5.75 Å². The first-order valence-corrected chi connectivity index (χ1v) is 12.7. The summed E-state index contributed by atoms with van der Waals surface area (Å²) in [6.07, 6.45) is 4.99. The van der Waals surface area contributed by atoms with Crippen LogP contribution < -0.4 is 10.1 Å². The van der Waals surface area contributed by atoms with E-state index < -0.39 is 12.1 Å². The van der Waals surface area contributed by atoms with Gasteiger partial charge in [-0.05, 0) is 55.3 Å². The maximum Gasteiger partial charge on any atom is 0.333 e. The van der Waals surface area contributed by atoms with E-state index in [0.29, 0.717) is 49.2 Å². The van der Waals surface area contributed by atoms with Gasteiger partial charge in [0.15, 0.2) is 6.10 Å². The summed E-state index contributed by atoms with van der Waals surface area (Å²) in [7, 11) is 0. The van der Waals surface area contributed by atoms with Crippen LogP contribution >= 0.6 is 11.6 Å². The molecule has 0 radical (unpaired) electrons. The van der Waals surface area contributed by atoms with Crippen LogP contribution in [0.3, 0.4) is 0 Å². The SMILES string of the molecule is CCCCCCCN(CCOc1ccc(CC(OCC)C(=O)O)cc1)C(=O)Nc1ccc(Cl)cc1. The van der Waals surface area contributed by atoms with Crippen LogP contribution in [0.5, 0.6) is 5.75 Å². The molecule has 0 saturated carbocycles. The monoisotopic (exact) mass is 504 g/mol. The molecule has 0 aliphatic heterocycles. The Hall–Kier alpha value is -2.77. The van der Waals surface area contributed by atoms with E-state index in [4.69, 9.17) is 21.1 Å². The molecular weight excluding hydrogens is 468 g/mol. The molecule has 7 nitrogen and oxygen atoms in total. The lowest BCUT2D eigenvalue weighted by atomic mass is 10.1. The molecule has 0 aliphatic carbocycles. The fourth-order valence-electron chi connectivity index (χ4n) is 3.59. The lowest BCUT2D eigenvalue weighted by Gasteiger charge is -2.23. The third-order valence-electron chi connectivity index (χ3n) is 5.53. The van der Waals surface area contributed by atoms with Gasteiger partial charge in [-0.1, -0.05) is 56.3 Å². The van der Waals surface area contributed by atoms with E-state index in [1.807, 2.05) is 24.3 Å². The summed E-state index contributed by atoms with van der Waals surface area (Å²) >= 11 is 5.94. The van der Waals surface area contributed by atoms with Gasteiger partial charge in [0.25, 0.3) is 0 Å². The van der Waals surface area contributed by atoms with Crippen LogP contribution in [0.4, 0.5) is 10.5 Å². The van der Waals surface area contributed by atoms with Gasteiger partial charge in [-0.3, -0.25) is 0 Å². The largest absolute Gasteiger partial charge is 0.492 e. The highest BCUT2D eigenvalue weighted by atomic mass is 35.5. The normalized spacial score (nSPS) is 11.6. The Bertz CT molecular complexity index is 889. The summed E-state index contributed by atoms with van der Waals surface area (Å²) in [6.45, 7) is 5.74. The maximum absolute atomic E-state index is 12.9. The Morgan fingerprint density at radius 1 is 0.971 bits per heavy atom. The van der Waals surface area contributed by atoms with Crippen molar-refractivity contribution >= 4 is 29.3 Å². The Morgan fingerprint density at radius 3 is 2.29 bits per heavy atom. The number of hydrogen-bond donors (Lipinski definition) is 2. The van der Waals surface area contributed by atoms with Crippen LogP contribution in [-0.2, 0) is 16.0 Å². The number of unbranched alkanes of at least 4 members (excludes halogenated alkanes) is 4. The lowest BCUT2D eigenvalue weighted by Crippen LogP contribution is -2.38. The van der Waals surface area contributed by atoms with Gasteiger partial charge in [-0.15, -0.1) is 0 Å². The van der Waals surface area contributed by atoms with Gasteiger partial charge in [0.1, 0.15) is 12.4 Å². The van der Waals surface area contributed by atoms with Crippen LogP contribution in [0.2, 0.25) is 5.02 Å². The number of hydrogen-bond acceptors (Lipinski definition) is 4. The molecule has 2 aromatic carbocycles. The quantitative estimate of drug-likeness (QED) is 0.263. The fraction of sp³-hybridized carbons (Fsp3) is 0.481. The van der Waals surface area contributed by atoms with Crippen LogP contribution in [0.15, 0.2) is 48.5 Å². The number of halogens is 1. The minimum absolute atomic E-state index is 0.169. The molecule has 0 saturated heterocycles. The predicted octanol–water partition coefficient (Wildman–Crippen LogP) is 6.26. The molecule has 0 aliphatic rings. The standard InChI is InChI=1S/C27H37ClN2O5/c1-3-5-6-7-8-17-30(27(33)29-23-13-11-22(28)12-14-23)18-19-35-24-15-9-21(10-16-24)20-25(26(31)32)34-4-2/h9-16,25H,3-8,17-20H2,1-2H3,(H,29,33)(H,31,32). The number of carboxylic acid groups (broad SMARTS) is 1. The second kappa shape index (κ2) is 16.0. The van der Waals surface area contributed by atoms with E-state index in [1.165, 1.54) is 12.8 Å². The first-order valence-electron chi connectivity index (χ1n) is 12.3. The number of amides is 2. The molecule has 0 bridgehead atoms. The molecule has 0 aromatic heterocycles. The van der Waals surface area contributed by atoms with Crippen LogP contribution in [0.1, 0.15) is 51.5 Å². The average Bonchev–Trinajstić information content (AvgIpc) is 2.84. The number of carbonyl (C=O) groups is 2. The molecule has 1 atom stereocenters. The second-order valence-electron chi connectivity index (χ2n) is 8.32. The minimum atomic E-state index is -0.973. The lowest BCUT2D eigenvalue weighted by molar-refractivity contribution is -0.149. The number of carboxylic acids is 1. The first kappa shape index (κ1) is 28.5. The van der Waals surface area contributed by atoms with Gasteiger partial charge in [0.05, 0.1) is 6.54 Å². The van der Waals surface area contributed by atoms with Crippen molar-refractivity contribution in [3.63, 3.8) is 0 Å². The van der Waals surface area contributed by atoms with E-state index in [2.05, 4.69) is 12.2 Å². The van der Waals surface area contributed by atoms with Crippen molar-refractivity contribution in [2.45, 2.75) is 58.5 Å². The summed E-state index contributed by atoms with van der Waals surface area (Å²) < 4.78 is 11.1. The highest BCUT2D eigenvalue weighted by molar-refractivity contribution is 6.30. The van der Waals surface area contributed by atoms with Crippen molar-refractivity contribution in [1.82, 2.24) is 4.90 Å². The zero-order valence-electron chi connectivity index (χ0n) is 20.7. The molecule has 8 heteroatoms. The third kappa shape index (κ3) is 11.0. The molecular formula is C27H37ClN2O5. The zero-order chi connectivity index (χ0) is 25.5. The number of ether oxygens (including phenoxy) is 2. The Kier molecular flexibility index (Phi) is 13.0. The first-order chi connectivity index (χ1) is 16.9. The molecule has 35 heavy (non-hydrogen) atoms. The van der Waals surface area contributed by atoms with E-state index in [9.17, 15) is 14.7 Å². The third-order valence-corrected chi connectivity index (χ3v) is 5.78. The molecule has 192 valence electrons. The van der Waals surface area contributed by atoms with Gasteiger partial charge in [0.2, 0.25) is 0 Å². The van der Waals surface area contributed by atoms with Gasteiger partial charge in [0, 0.05) is 30.3 Å². The zero-order valence-corrected chi connectivity index (χ0v) is 21.4. The summed E-state index contributed by atoms with van der Waals surface area (Å²) in [5.41, 5.74) is 1.55. The molecule has 2 rings (SSSR count). The molecule has 2 N–H and O–H groups in total. The van der Waals surface area contributed by atoms with Crippen LogP contribution in [-0.4, -0.2) is 54.4 Å². The van der Waals surface area contributed by atoms with Crippen LogP contribution in [0, 0.1) is 0 Å². The number of carbonyl (C=O) groups excluding carboxylic acids is 1. The molecule has 0 heterocycles. The van der Waals surface area contributed by atoms with E-state index >= 15 is 0 Å². The predicted molar refractivity (Wildman–Crippen MR) is 139 cm³/mol. The number of benzene rings is 2. The summed E-state index contributed by atoms with van der Waals surface area (Å²) in [5.74, 6) is -0.308. The van der Waals surface area contributed by atoms with Crippen molar-refractivity contribution < 1.29 is 24.2 Å². The van der Waals surface area contributed by atoms with Crippen molar-refractivity contribution in [3.05, 3.63) is 59.1 Å². The molecule has 0 fully saturated rings. The highest BCUT2D eigenvalue weighted by Crippen LogP contribution is 2.16. The number of aliphatic carboxylic acids is 1. The minimum Gasteiger partial charge on any atom is -0.492 e. The van der Waals surface area contributed by atoms with Crippen molar-refractivity contribution in [1.29, 1.82) is 0 Å². The molecule has 2 aromatic rings. The Morgan fingerprint density at radius 2 is 1.66 bits per heavy atom. The Labute approximate surface area is 213 Å². The summed E-state index contributed by atoms with van der Waals surface area (Å²) in [6, 6.07) is 14.2. The number of nitrogens with one attached hydrogen (secondary N) is 1. The van der Waals surface area contributed by atoms with Crippen molar-refractivity contribution in [2.75, 3.05) is 31.6 Å². The number of urea groups is 1. The molecule has 1 unspecified atom stereocenters. The van der Waals surface area contributed by atoms with Gasteiger partial charge < -0.3 is 24.8 Å². The van der Waals surface area contributed by atoms with E-state index in [-0.39, 0.29) is 6.03 Å². The maximum atomic E-state index is 12.9. The van der Waals surface area contributed by atoms with Gasteiger partial charge in [-0.2, -0.15) is 0 Å². The van der Waals surface area contributed by atoms with Crippen molar-refractivity contribution in [2.24, 2.45) is 0 Å². The average molecular weight is 505 g/mol. The summed E-state index contributed by atoms with van der Waals surface area (Å²) in [5, 5.41) is 12.8. The van der Waals surface area contributed by atoms with Gasteiger partial charge in [-0.25, -0.2) is 9.59 Å². The van der Waals surface area contributed by atoms with Crippen LogP contribution in [0.25, 0.3) is 0 Å². The van der Waals surface area contributed by atoms with Gasteiger partial charge >= 0.3 is 12.0 Å². The summed E-state index contributed by atoms with van der Waals surface area (Å²) in [4.78, 5) is 25.9. The highest BCUT2D eigenvalue weighted by Gasteiger charge is 2.18. The second-order valence-corrected chi connectivity index (χ2v) is 8.75. The number of nitrogens with zero attached hydrogens (tertiary/aromatic N) is 1. The van der Waals surface area contributed by atoms with E-state index in [0.717, 1.165) is 24.8 Å². The fourth-order valence-corrected chi connectivity index (χ4v) is 3.71.